The number of aromatic nitrogens is 2. The lowest BCUT2D eigenvalue weighted by molar-refractivity contribution is -0.119. The number of fused-ring (bicyclic) bond motifs is 1. The maximum absolute atomic E-state index is 11.4. The molecule has 124 valence electrons. The summed E-state index contributed by atoms with van der Waals surface area (Å²) in [6.07, 6.45) is 0. The Labute approximate surface area is 141 Å². The Kier molecular flexibility index (Phi) is 4.79. The van der Waals surface area contributed by atoms with Gasteiger partial charge in [0.1, 0.15) is 18.2 Å². The van der Waals surface area contributed by atoms with Crippen molar-refractivity contribution < 1.29 is 9.53 Å². The summed E-state index contributed by atoms with van der Waals surface area (Å²) >= 11 is 0. The third-order valence-corrected chi connectivity index (χ3v) is 3.82. The first-order valence-corrected chi connectivity index (χ1v) is 8.05. The number of imidazole rings is 1. The molecular weight excluding hydrogens is 302 g/mol. The van der Waals surface area contributed by atoms with E-state index in [1.807, 2.05) is 61.5 Å². The smallest absolute Gasteiger partial charge is 0.217 e. The minimum absolute atomic E-state index is 0.0679. The molecule has 2 aromatic carbocycles. The molecule has 0 bridgehead atoms. The molecule has 0 aliphatic rings. The van der Waals surface area contributed by atoms with Crippen molar-refractivity contribution in [1.82, 2.24) is 14.9 Å². The fraction of sp³-hybridized carbons (Fsp3) is 0.263. The first kappa shape index (κ1) is 16.1. The van der Waals surface area contributed by atoms with Gasteiger partial charge in [0.2, 0.25) is 5.91 Å². The van der Waals surface area contributed by atoms with Crippen LogP contribution in [-0.4, -0.2) is 22.1 Å². The van der Waals surface area contributed by atoms with Gasteiger partial charge in [-0.1, -0.05) is 30.3 Å². The van der Waals surface area contributed by atoms with Gasteiger partial charge in [0, 0.05) is 6.92 Å². The summed E-state index contributed by atoms with van der Waals surface area (Å²) in [7, 11) is 0. The number of hydrogen-bond donors (Lipinski definition) is 1. The standard InChI is InChI=1S/C19H21N3O2/c1-14(20-15(2)23)19-21-17-10-6-7-11-18(17)22(19)12-13-24-16-8-4-3-5-9-16/h3-11,14H,12-13H2,1-2H3,(H,20,23). The van der Waals surface area contributed by atoms with Crippen LogP contribution in [0.5, 0.6) is 5.75 Å². The zero-order valence-electron chi connectivity index (χ0n) is 13.9. The lowest BCUT2D eigenvalue weighted by Crippen LogP contribution is -2.27. The number of amides is 1. The largest absolute Gasteiger partial charge is 0.492 e. The molecule has 1 atom stereocenters. The van der Waals surface area contributed by atoms with Gasteiger partial charge in [-0.15, -0.1) is 0 Å². The number of rotatable bonds is 6. The third kappa shape index (κ3) is 3.56. The normalized spacial score (nSPS) is 12.1. The minimum atomic E-state index is -0.161. The maximum Gasteiger partial charge on any atom is 0.217 e. The van der Waals surface area contributed by atoms with E-state index in [0.717, 1.165) is 22.6 Å². The fourth-order valence-electron chi connectivity index (χ4n) is 2.80. The van der Waals surface area contributed by atoms with Crippen LogP contribution in [0, 0.1) is 0 Å². The van der Waals surface area contributed by atoms with Gasteiger partial charge >= 0.3 is 0 Å². The SMILES string of the molecule is CC(=O)NC(C)c1nc2ccccc2n1CCOc1ccccc1. The number of benzene rings is 2. The first-order valence-electron chi connectivity index (χ1n) is 8.05. The number of ether oxygens (including phenoxy) is 1. The second-order valence-corrected chi connectivity index (χ2v) is 5.69. The Morgan fingerprint density at radius 3 is 2.62 bits per heavy atom. The molecule has 1 heterocycles. The van der Waals surface area contributed by atoms with Gasteiger partial charge in [-0.3, -0.25) is 4.79 Å². The molecular formula is C19H21N3O2. The van der Waals surface area contributed by atoms with Gasteiger partial charge < -0.3 is 14.6 Å². The lowest BCUT2D eigenvalue weighted by Gasteiger charge is -2.16. The number of carbonyl (C=O) groups excluding carboxylic acids is 1. The Bertz CT molecular complexity index is 827. The van der Waals surface area contributed by atoms with Crippen molar-refractivity contribution >= 4 is 16.9 Å². The summed E-state index contributed by atoms with van der Waals surface area (Å²) < 4.78 is 7.92. The van der Waals surface area contributed by atoms with Crippen molar-refractivity contribution in [2.75, 3.05) is 6.61 Å². The number of hydrogen-bond acceptors (Lipinski definition) is 3. The molecule has 3 aromatic rings. The van der Waals surface area contributed by atoms with Crippen molar-refractivity contribution in [3.63, 3.8) is 0 Å². The highest BCUT2D eigenvalue weighted by atomic mass is 16.5. The van der Waals surface area contributed by atoms with Gasteiger partial charge in [0.25, 0.3) is 0 Å². The summed E-state index contributed by atoms with van der Waals surface area (Å²) in [6.45, 7) is 4.65. The van der Waals surface area contributed by atoms with E-state index in [-0.39, 0.29) is 11.9 Å². The molecule has 1 unspecified atom stereocenters. The summed E-state index contributed by atoms with van der Waals surface area (Å²) in [4.78, 5) is 16.1. The molecule has 5 nitrogen and oxygen atoms in total. The molecule has 1 N–H and O–H groups in total. The molecule has 0 radical (unpaired) electrons. The van der Waals surface area contributed by atoms with Crippen LogP contribution < -0.4 is 10.1 Å². The van der Waals surface area contributed by atoms with Gasteiger partial charge in [0.05, 0.1) is 23.6 Å². The summed E-state index contributed by atoms with van der Waals surface area (Å²) in [5.41, 5.74) is 1.96. The molecule has 24 heavy (non-hydrogen) atoms. The van der Waals surface area contributed by atoms with E-state index in [9.17, 15) is 4.79 Å². The molecule has 5 heteroatoms. The monoisotopic (exact) mass is 323 g/mol. The number of carbonyl (C=O) groups is 1. The average Bonchev–Trinajstić information content (AvgIpc) is 2.94. The van der Waals surface area contributed by atoms with E-state index in [1.165, 1.54) is 6.92 Å². The maximum atomic E-state index is 11.4. The van der Waals surface area contributed by atoms with Crippen LogP contribution in [0.4, 0.5) is 0 Å². The van der Waals surface area contributed by atoms with Crippen LogP contribution in [-0.2, 0) is 11.3 Å². The van der Waals surface area contributed by atoms with Gasteiger partial charge in [-0.2, -0.15) is 0 Å². The molecule has 0 aliphatic carbocycles. The minimum Gasteiger partial charge on any atom is -0.492 e. The van der Waals surface area contributed by atoms with Crippen LogP contribution in [0.25, 0.3) is 11.0 Å². The van der Waals surface area contributed by atoms with Gasteiger partial charge in [-0.25, -0.2) is 4.98 Å². The molecule has 0 spiro atoms. The molecule has 0 fully saturated rings. The highest BCUT2D eigenvalue weighted by molar-refractivity contribution is 5.77. The Balaban J connectivity index is 1.83. The molecule has 1 amide bonds. The Morgan fingerprint density at radius 2 is 1.88 bits per heavy atom. The number of nitrogens with one attached hydrogen (secondary N) is 1. The molecule has 3 rings (SSSR count). The lowest BCUT2D eigenvalue weighted by atomic mass is 10.3. The fourth-order valence-corrected chi connectivity index (χ4v) is 2.80. The van der Waals surface area contributed by atoms with Crippen molar-refractivity contribution in [3.8, 4) is 5.75 Å². The molecule has 0 aliphatic heterocycles. The van der Waals surface area contributed by atoms with Crippen molar-refractivity contribution in [2.45, 2.75) is 26.4 Å². The van der Waals surface area contributed by atoms with E-state index < -0.39 is 0 Å². The molecule has 0 saturated carbocycles. The summed E-state index contributed by atoms with van der Waals surface area (Å²) in [6, 6.07) is 17.6. The summed E-state index contributed by atoms with van der Waals surface area (Å²) in [5, 5.41) is 2.91. The quantitative estimate of drug-likeness (QED) is 0.757. The van der Waals surface area contributed by atoms with Crippen LogP contribution >= 0.6 is 0 Å². The highest BCUT2D eigenvalue weighted by Gasteiger charge is 2.17. The predicted octanol–water partition coefficient (Wildman–Crippen LogP) is 3.31. The average molecular weight is 323 g/mol. The first-order chi connectivity index (χ1) is 11.6. The van der Waals surface area contributed by atoms with Crippen molar-refractivity contribution in [3.05, 3.63) is 60.4 Å². The highest BCUT2D eigenvalue weighted by Crippen LogP contribution is 2.21. The predicted molar refractivity (Wildman–Crippen MR) is 93.9 cm³/mol. The van der Waals surface area contributed by atoms with E-state index in [4.69, 9.17) is 4.74 Å². The van der Waals surface area contributed by atoms with Crippen LogP contribution in [0.3, 0.4) is 0 Å². The Hall–Kier alpha value is -2.82. The van der Waals surface area contributed by atoms with E-state index in [0.29, 0.717) is 13.2 Å². The number of para-hydroxylation sites is 3. The molecule has 1 aromatic heterocycles. The zero-order valence-corrected chi connectivity index (χ0v) is 13.9. The van der Waals surface area contributed by atoms with Crippen LogP contribution in [0.2, 0.25) is 0 Å². The van der Waals surface area contributed by atoms with Gasteiger partial charge in [-0.05, 0) is 31.2 Å². The van der Waals surface area contributed by atoms with E-state index in [1.54, 1.807) is 0 Å². The molecule has 0 saturated heterocycles. The Morgan fingerprint density at radius 1 is 1.17 bits per heavy atom. The number of nitrogens with zero attached hydrogens (tertiary/aromatic N) is 2. The third-order valence-electron chi connectivity index (χ3n) is 3.82. The second-order valence-electron chi connectivity index (χ2n) is 5.69. The zero-order chi connectivity index (χ0) is 16.9. The van der Waals surface area contributed by atoms with E-state index >= 15 is 0 Å². The second kappa shape index (κ2) is 7.17. The van der Waals surface area contributed by atoms with Crippen LogP contribution in [0.15, 0.2) is 54.6 Å². The van der Waals surface area contributed by atoms with Crippen molar-refractivity contribution in [1.29, 1.82) is 0 Å². The topological polar surface area (TPSA) is 56.2 Å². The van der Waals surface area contributed by atoms with Gasteiger partial charge in [0.15, 0.2) is 0 Å². The van der Waals surface area contributed by atoms with E-state index in [2.05, 4.69) is 14.9 Å². The van der Waals surface area contributed by atoms with Crippen molar-refractivity contribution in [2.24, 2.45) is 0 Å². The summed E-state index contributed by atoms with van der Waals surface area (Å²) in [5.74, 6) is 1.61. The van der Waals surface area contributed by atoms with Crippen LogP contribution in [0.1, 0.15) is 25.7 Å².